The standard InChI is InChI=1S/C16H23FO3/c1-2-3-4-5-6-7-14(17)12-20-16(19)13-8-10-15(18)11-9-13/h8-11,14,18H,2-7,12H2,1H3. The molecule has 0 saturated heterocycles. The number of ether oxygens (including phenoxy) is 1. The van der Waals surface area contributed by atoms with E-state index in [1.54, 1.807) is 0 Å². The Bertz CT molecular complexity index is 389. The van der Waals surface area contributed by atoms with Crippen LogP contribution >= 0.6 is 0 Å². The average Bonchev–Trinajstić information content (AvgIpc) is 2.45. The zero-order chi connectivity index (χ0) is 14.8. The minimum absolute atomic E-state index is 0.0806. The van der Waals surface area contributed by atoms with Crippen LogP contribution in [0.1, 0.15) is 55.8 Å². The van der Waals surface area contributed by atoms with Gasteiger partial charge in [-0.1, -0.05) is 39.0 Å². The fraction of sp³-hybridized carbons (Fsp3) is 0.562. The van der Waals surface area contributed by atoms with Crippen molar-refractivity contribution in [3.63, 3.8) is 0 Å². The molecule has 1 unspecified atom stereocenters. The molecule has 0 saturated carbocycles. The fourth-order valence-corrected chi connectivity index (χ4v) is 1.90. The zero-order valence-electron chi connectivity index (χ0n) is 12.0. The molecule has 1 aromatic rings. The Balaban J connectivity index is 2.18. The molecule has 112 valence electrons. The lowest BCUT2D eigenvalue weighted by atomic mass is 10.1. The summed E-state index contributed by atoms with van der Waals surface area (Å²) < 4.78 is 18.4. The molecule has 0 aliphatic carbocycles. The molecule has 1 atom stereocenters. The first-order valence-electron chi connectivity index (χ1n) is 7.23. The van der Waals surface area contributed by atoms with Crippen molar-refractivity contribution in [3.8, 4) is 5.75 Å². The minimum atomic E-state index is -1.10. The molecule has 0 amide bonds. The smallest absolute Gasteiger partial charge is 0.338 e. The second-order valence-corrected chi connectivity index (χ2v) is 4.95. The Morgan fingerprint density at radius 3 is 2.50 bits per heavy atom. The molecular formula is C16H23FO3. The number of rotatable bonds is 9. The summed E-state index contributed by atoms with van der Waals surface area (Å²) >= 11 is 0. The van der Waals surface area contributed by atoms with Crippen LogP contribution in [0.2, 0.25) is 0 Å². The van der Waals surface area contributed by atoms with Crippen LogP contribution in [0, 0.1) is 0 Å². The van der Waals surface area contributed by atoms with Crippen LogP contribution in [0.25, 0.3) is 0 Å². The highest BCUT2D eigenvalue weighted by Crippen LogP contribution is 2.13. The lowest BCUT2D eigenvalue weighted by molar-refractivity contribution is 0.0389. The SMILES string of the molecule is CCCCCCCC(F)COC(=O)c1ccc(O)cc1. The van der Waals surface area contributed by atoms with E-state index in [2.05, 4.69) is 6.92 Å². The Labute approximate surface area is 119 Å². The van der Waals surface area contributed by atoms with Gasteiger partial charge in [0.15, 0.2) is 0 Å². The Hall–Kier alpha value is -1.58. The van der Waals surface area contributed by atoms with Gasteiger partial charge in [0.1, 0.15) is 18.5 Å². The first kappa shape index (κ1) is 16.5. The summed E-state index contributed by atoms with van der Waals surface area (Å²) in [6.45, 7) is 1.94. The number of halogens is 1. The van der Waals surface area contributed by atoms with E-state index in [9.17, 15) is 9.18 Å². The lowest BCUT2D eigenvalue weighted by Crippen LogP contribution is -2.15. The number of phenols is 1. The number of benzene rings is 1. The molecule has 0 aliphatic heterocycles. The predicted molar refractivity (Wildman–Crippen MR) is 76.7 cm³/mol. The molecule has 0 fully saturated rings. The van der Waals surface area contributed by atoms with E-state index in [0.29, 0.717) is 12.0 Å². The Kier molecular flexibility index (Phi) is 7.70. The summed E-state index contributed by atoms with van der Waals surface area (Å²) in [6.07, 6.45) is 4.69. The molecule has 4 heteroatoms. The van der Waals surface area contributed by atoms with E-state index in [0.717, 1.165) is 19.3 Å². The van der Waals surface area contributed by atoms with E-state index in [4.69, 9.17) is 9.84 Å². The van der Waals surface area contributed by atoms with Crippen molar-refractivity contribution in [1.29, 1.82) is 0 Å². The maximum absolute atomic E-state index is 13.5. The van der Waals surface area contributed by atoms with E-state index >= 15 is 0 Å². The van der Waals surface area contributed by atoms with Gasteiger partial charge < -0.3 is 9.84 Å². The first-order chi connectivity index (χ1) is 9.63. The maximum atomic E-state index is 13.5. The average molecular weight is 282 g/mol. The third-order valence-corrected chi connectivity index (χ3v) is 3.12. The summed E-state index contributed by atoms with van der Waals surface area (Å²) in [5.74, 6) is -0.476. The van der Waals surface area contributed by atoms with Gasteiger partial charge in [-0.2, -0.15) is 0 Å². The van der Waals surface area contributed by atoms with Crippen molar-refractivity contribution >= 4 is 5.97 Å². The van der Waals surface area contributed by atoms with Crippen LogP contribution in [0.3, 0.4) is 0 Å². The molecule has 3 nitrogen and oxygen atoms in total. The van der Waals surface area contributed by atoms with Crippen molar-refractivity contribution in [2.24, 2.45) is 0 Å². The van der Waals surface area contributed by atoms with Crippen LogP contribution in [0.5, 0.6) is 5.75 Å². The Morgan fingerprint density at radius 1 is 1.20 bits per heavy atom. The third-order valence-electron chi connectivity index (χ3n) is 3.12. The number of carbonyl (C=O) groups excluding carboxylic acids is 1. The van der Waals surface area contributed by atoms with Gasteiger partial charge >= 0.3 is 5.97 Å². The number of alkyl halides is 1. The molecule has 0 aliphatic rings. The van der Waals surface area contributed by atoms with Crippen molar-refractivity contribution in [2.75, 3.05) is 6.61 Å². The van der Waals surface area contributed by atoms with Crippen LogP contribution in [0.15, 0.2) is 24.3 Å². The van der Waals surface area contributed by atoms with Gasteiger partial charge in [0, 0.05) is 0 Å². The topological polar surface area (TPSA) is 46.5 Å². The molecule has 0 heterocycles. The summed E-state index contributed by atoms with van der Waals surface area (Å²) in [4.78, 5) is 11.6. The van der Waals surface area contributed by atoms with Crippen molar-refractivity contribution in [2.45, 2.75) is 51.6 Å². The van der Waals surface area contributed by atoms with Gasteiger partial charge in [-0.3, -0.25) is 0 Å². The lowest BCUT2D eigenvalue weighted by Gasteiger charge is -2.09. The van der Waals surface area contributed by atoms with Crippen molar-refractivity contribution < 1.29 is 19.0 Å². The fourth-order valence-electron chi connectivity index (χ4n) is 1.90. The van der Waals surface area contributed by atoms with Crippen LogP contribution in [0.4, 0.5) is 4.39 Å². The molecule has 0 radical (unpaired) electrons. The largest absolute Gasteiger partial charge is 0.508 e. The van der Waals surface area contributed by atoms with E-state index in [-0.39, 0.29) is 12.4 Å². The van der Waals surface area contributed by atoms with Gasteiger partial charge in [0.25, 0.3) is 0 Å². The molecular weight excluding hydrogens is 259 g/mol. The number of hydrogen-bond donors (Lipinski definition) is 1. The van der Waals surface area contributed by atoms with Gasteiger partial charge in [-0.05, 0) is 30.7 Å². The van der Waals surface area contributed by atoms with Crippen LogP contribution < -0.4 is 0 Å². The summed E-state index contributed by atoms with van der Waals surface area (Å²) in [5.41, 5.74) is 0.318. The number of carbonyl (C=O) groups is 1. The van der Waals surface area contributed by atoms with Crippen LogP contribution in [-0.2, 0) is 4.74 Å². The highest BCUT2D eigenvalue weighted by Gasteiger charge is 2.12. The van der Waals surface area contributed by atoms with E-state index in [1.165, 1.54) is 37.1 Å². The molecule has 1 rings (SSSR count). The molecule has 1 N–H and O–H groups in total. The molecule has 0 bridgehead atoms. The third kappa shape index (κ3) is 6.55. The number of aromatic hydroxyl groups is 1. The second kappa shape index (κ2) is 9.34. The number of unbranched alkanes of at least 4 members (excludes halogenated alkanes) is 4. The van der Waals surface area contributed by atoms with E-state index in [1.807, 2.05) is 0 Å². The molecule has 1 aromatic carbocycles. The normalized spacial score (nSPS) is 12.1. The molecule has 0 aromatic heterocycles. The van der Waals surface area contributed by atoms with Crippen molar-refractivity contribution in [3.05, 3.63) is 29.8 Å². The molecule has 0 spiro atoms. The second-order valence-electron chi connectivity index (χ2n) is 4.95. The maximum Gasteiger partial charge on any atom is 0.338 e. The first-order valence-corrected chi connectivity index (χ1v) is 7.23. The van der Waals surface area contributed by atoms with Crippen molar-refractivity contribution in [1.82, 2.24) is 0 Å². The summed E-state index contributed by atoms with van der Waals surface area (Å²) in [7, 11) is 0. The van der Waals surface area contributed by atoms with Gasteiger partial charge in [0.2, 0.25) is 0 Å². The van der Waals surface area contributed by atoms with Gasteiger partial charge in [0.05, 0.1) is 5.56 Å². The summed E-state index contributed by atoms with van der Waals surface area (Å²) in [6, 6.07) is 5.71. The quantitative estimate of drug-likeness (QED) is 0.544. The van der Waals surface area contributed by atoms with Crippen LogP contribution in [-0.4, -0.2) is 23.9 Å². The van der Waals surface area contributed by atoms with Gasteiger partial charge in [-0.25, -0.2) is 9.18 Å². The predicted octanol–water partition coefficient (Wildman–Crippen LogP) is 4.25. The zero-order valence-corrected chi connectivity index (χ0v) is 12.0. The number of phenolic OH excluding ortho intramolecular Hbond substituents is 1. The minimum Gasteiger partial charge on any atom is -0.508 e. The van der Waals surface area contributed by atoms with Gasteiger partial charge in [-0.15, -0.1) is 0 Å². The highest BCUT2D eigenvalue weighted by molar-refractivity contribution is 5.89. The molecule has 20 heavy (non-hydrogen) atoms. The number of esters is 1. The Morgan fingerprint density at radius 2 is 1.85 bits per heavy atom. The highest BCUT2D eigenvalue weighted by atomic mass is 19.1. The summed E-state index contributed by atoms with van der Waals surface area (Å²) in [5, 5.41) is 9.10. The van der Waals surface area contributed by atoms with E-state index < -0.39 is 12.1 Å². The monoisotopic (exact) mass is 282 g/mol. The number of hydrogen-bond acceptors (Lipinski definition) is 3.